The highest BCUT2D eigenvalue weighted by Crippen LogP contribution is 2.75. The van der Waals surface area contributed by atoms with Crippen LogP contribution in [0.4, 0.5) is 0 Å². The number of aromatic nitrogens is 2. The molecule has 6 aromatic carbocycles. The Hall–Kier alpha value is -6.41. The van der Waals surface area contributed by atoms with Gasteiger partial charge in [0.1, 0.15) is 35.4 Å². The molecule has 0 amide bonds. The summed E-state index contributed by atoms with van der Waals surface area (Å²) in [4.78, 5) is 44.3. The molecular weight excluding hydrogens is 1110 g/mol. The summed E-state index contributed by atoms with van der Waals surface area (Å²) in [5, 5.41) is 20.0. The summed E-state index contributed by atoms with van der Waals surface area (Å²) in [6.07, 6.45) is -5.57. The molecule has 2 heterocycles. The fourth-order valence-corrected chi connectivity index (χ4v) is 19.2. The van der Waals surface area contributed by atoms with Crippen LogP contribution < -0.4 is 20.7 Å². The Morgan fingerprint density at radius 1 is 0.637 bits per heavy atom. The summed E-state index contributed by atoms with van der Waals surface area (Å²) in [6.45, 7) is 1.70. The van der Waals surface area contributed by atoms with E-state index in [-0.39, 0.29) is 18.4 Å². The Balaban J connectivity index is 1.39. The molecule has 0 aliphatic carbocycles. The Bertz CT molecular complexity index is 3420. The molecule has 7 aromatic rings. The summed E-state index contributed by atoms with van der Waals surface area (Å²) in [5.41, 5.74) is -4.21. The number of hydrogen-bond donors (Lipinski definition) is 0. The molecule has 4 atom stereocenters. The number of nitriles is 2. The Morgan fingerprint density at radius 3 is 1.55 bits per heavy atom. The topological polar surface area (TPSA) is 200 Å². The molecule has 1 aliphatic rings. The second-order valence-electron chi connectivity index (χ2n) is 19.4. The first kappa shape index (κ1) is 59.7. The van der Waals surface area contributed by atoms with E-state index in [4.69, 9.17) is 48.8 Å². The molecule has 1 aliphatic heterocycles. The number of rotatable bonds is 24. The van der Waals surface area contributed by atoms with E-state index >= 15 is 9.36 Å². The standard InChI is InChI=1S/C59H58N4O12P2S3/c1-57(2,36-38-60)74-77(78,75-58(3,4)37-39-61)73-53-52(72-76(67,79-48-23-15-9-16-24-48)80-49-25-17-10-18-26-49)50(71-55(53)62-40-35-51(64)63(56(62)66)54(65)42-19-11-7-12-20-42)41-70-59(43-21-13-8-14-22-43,44-27-31-46(68-5)32-28-44)45-29-33-47(69-6)34-30-45/h7-35,40,50,52-53,55H,36-37,41H2,1-6H3/t50-,52-,53-,55-/m1/s1. The first-order chi connectivity index (χ1) is 38.3. The van der Waals surface area contributed by atoms with Crippen LogP contribution in [0.3, 0.4) is 0 Å². The maximum Gasteiger partial charge on any atom is 0.340 e. The van der Waals surface area contributed by atoms with Gasteiger partial charge in [0, 0.05) is 27.6 Å². The van der Waals surface area contributed by atoms with Gasteiger partial charge in [0.05, 0.1) is 57.0 Å². The van der Waals surface area contributed by atoms with E-state index in [1.54, 1.807) is 109 Å². The normalized spacial score (nSPS) is 16.8. The average molecular weight is 1170 g/mol. The lowest BCUT2D eigenvalue weighted by molar-refractivity contribution is -0.0941. The number of benzene rings is 6. The summed E-state index contributed by atoms with van der Waals surface area (Å²) >= 11 is 8.27. The summed E-state index contributed by atoms with van der Waals surface area (Å²) in [7, 11) is 3.13. The Kier molecular flexibility index (Phi) is 19.4. The number of nitrogens with zero attached hydrogens (tertiary/aromatic N) is 4. The van der Waals surface area contributed by atoms with E-state index < -0.39 is 77.6 Å². The lowest BCUT2D eigenvalue weighted by Gasteiger charge is -2.39. The van der Waals surface area contributed by atoms with Crippen LogP contribution in [-0.4, -0.2) is 65.4 Å². The lowest BCUT2D eigenvalue weighted by atomic mass is 9.80. The minimum Gasteiger partial charge on any atom is -0.497 e. The quantitative estimate of drug-likeness (QED) is 0.0408. The number of hydrogen-bond acceptors (Lipinski definition) is 17. The molecule has 0 saturated carbocycles. The van der Waals surface area contributed by atoms with Crippen LogP contribution >= 0.6 is 35.3 Å². The predicted molar refractivity (Wildman–Crippen MR) is 310 cm³/mol. The van der Waals surface area contributed by atoms with Crippen LogP contribution in [0.2, 0.25) is 0 Å². The number of carbonyl (C=O) groups excluding carboxylic acids is 1. The molecule has 80 heavy (non-hydrogen) atoms. The van der Waals surface area contributed by atoms with Crippen molar-refractivity contribution in [3.8, 4) is 23.6 Å². The zero-order chi connectivity index (χ0) is 57.1. The van der Waals surface area contributed by atoms with Crippen LogP contribution in [0.25, 0.3) is 0 Å². The van der Waals surface area contributed by atoms with Crippen LogP contribution in [0.5, 0.6) is 11.5 Å². The van der Waals surface area contributed by atoms with E-state index in [0.717, 1.165) is 39.6 Å². The van der Waals surface area contributed by atoms with Crippen molar-refractivity contribution in [3.63, 3.8) is 0 Å². The predicted octanol–water partition coefficient (Wildman–Crippen LogP) is 12.7. The maximum absolute atomic E-state index is 16.3. The molecule has 1 aromatic heterocycles. The minimum atomic E-state index is -4.35. The lowest BCUT2D eigenvalue weighted by Crippen LogP contribution is -2.46. The van der Waals surface area contributed by atoms with Gasteiger partial charge in [-0.25, -0.2) is 4.79 Å². The van der Waals surface area contributed by atoms with Crippen molar-refractivity contribution in [3.05, 3.63) is 225 Å². The Morgan fingerprint density at radius 2 is 1.09 bits per heavy atom. The molecule has 0 bridgehead atoms. The van der Waals surface area contributed by atoms with Crippen molar-refractivity contribution < 1.29 is 46.4 Å². The van der Waals surface area contributed by atoms with Crippen LogP contribution in [0.1, 0.15) is 73.8 Å². The molecule has 21 heteroatoms. The smallest absolute Gasteiger partial charge is 0.340 e. The largest absolute Gasteiger partial charge is 0.497 e. The number of ether oxygens (including phenoxy) is 4. The van der Waals surface area contributed by atoms with E-state index in [2.05, 4.69) is 12.1 Å². The monoisotopic (exact) mass is 1170 g/mol. The molecule has 0 spiro atoms. The van der Waals surface area contributed by atoms with Gasteiger partial charge in [-0.1, -0.05) is 109 Å². The van der Waals surface area contributed by atoms with Crippen LogP contribution in [-0.2, 0) is 49.5 Å². The maximum atomic E-state index is 16.3. The molecule has 1 fully saturated rings. The molecule has 1 saturated heterocycles. The van der Waals surface area contributed by atoms with E-state index in [1.165, 1.54) is 12.1 Å². The van der Waals surface area contributed by atoms with Crippen molar-refractivity contribution in [1.82, 2.24) is 9.13 Å². The Labute approximate surface area is 477 Å². The van der Waals surface area contributed by atoms with Gasteiger partial charge in [-0.15, -0.1) is 0 Å². The fourth-order valence-electron chi connectivity index (χ4n) is 8.86. The molecule has 16 nitrogen and oxygen atoms in total. The van der Waals surface area contributed by atoms with Gasteiger partial charge in [0.25, 0.3) is 11.5 Å². The van der Waals surface area contributed by atoms with E-state index in [9.17, 15) is 20.1 Å². The van der Waals surface area contributed by atoms with Crippen molar-refractivity contribution in [1.29, 1.82) is 10.5 Å². The number of methoxy groups -OCH3 is 2. The molecule has 0 N–H and O–H groups in total. The molecule has 0 unspecified atom stereocenters. The van der Waals surface area contributed by atoms with Gasteiger partial charge in [-0.2, -0.15) is 15.1 Å². The molecule has 414 valence electrons. The first-order valence-corrected chi connectivity index (χ1v) is 32.2. The van der Waals surface area contributed by atoms with Gasteiger partial charge in [-0.05, 0) is 140 Å². The highest BCUT2D eigenvalue weighted by atomic mass is 33.1. The molecule has 8 rings (SSSR count). The minimum absolute atomic E-state index is 0.0416. The van der Waals surface area contributed by atoms with E-state index in [1.807, 2.05) is 91.0 Å². The highest BCUT2D eigenvalue weighted by molar-refractivity contribution is 8.89. The van der Waals surface area contributed by atoms with Gasteiger partial charge in [0.2, 0.25) is 0 Å². The zero-order valence-electron chi connectivity index (χ0n) is 44.6. The third kappa shape index (κ3) is 14.2. The van der Waals surface area contributed by atoms with Gasteiger partial charge < -0.3 is 32.5 Å². The van der Waals surface area contributed by atoms with Crippen molar-refractivity contribution in [2.75, 3.05) is 20.8 Å². The van der Waals surface area contributed by atoms with Crippen molar-refractivity contribution in [2.24, 2.45) is 0 Å². The van der Waals surface area contributed by atoms with Crippen LogP contribution in [0, 0.1) is 22.7 Å². The zero-order valence-corrected chi connectivity index (χ0v) is 48.8. The van der Waals surface area contributed by atoms with Crippen molar-refractivity contribution in [2.45, 2.75) is 91.7 Å². The van der Waals surface area contributed by atoms with Crippen molar-refractivity contribution >= 4 is 53.0 Å². The number of carbonyl (C=O) groups is 1. The second kappa shape index (κ2) is 26.0. The summed E-state index contributed by atoms with van der Waals surface area (Å²) < 4.78 is 70.9. The fraction of sp³-hybridized carbons (Fsp3) is 0.271. The third-order valence-corrected chi connectivity index (χ3v) is 21.6. The van der Waals surface area contributed by atoms with Gasteiger partial charge >= 0.3 is 18.2 Å². The van der Waals surface area contributed by atoms with E-state index in [0.29, 0.717) is 42.5 Å². The van der Waals surface area contributed by atoms with Gasteiger partial charge in [0.15, 0.2) is 6.23 Å². The second-order valence-corrected chi connectivity index (χ2v) is 29.3. The first-order valence-electron chi connectivity index (χ1n) is 25.1. The summed E-state index contributed by atoms with van der Waals surface area (Å²) in [5.74, 6) is -3.98. The molecule has 0 radical (unpaired) electrons. The van der Waals surface area contributed by atoms with Gasteiger partial charge in [-0.3, -0.25) is 23.2 Å². The average Bonchev–Trinajstić information content (AvgIpc) is 3.77. The highest BCUT2D eigenvalue weighted by Gasteiger charge is 2.55. The molecular formula is C59H58N4O12P2S3. The van der Waals surface area contributed by atoms with Crippen LogP contribution in [0.15, 0.2) is 202 Å². The SMILES string of the molecule is COc1ccc(C(OC[C@H]2O[C@@H](n3ccc(=O)n(C(=O)c4ccccc4)c3=O)[C@H](OP(=S)(OC(C)(C)CC#N)OC(C)(C)CC#N)[C@@H]2OP(=O)(Sc2ccccc2)Sc2ccccc2)(c2ccccc2)c2ccc(OC)cc2)cc1. The third-order valence-electron chi connectivity index (χ3n) is 12.6. The summed E-state index contributed by atoms with van der Waals surface area (Å²) in [6, 6.07) is 55.3.